The standard InChI is InChI=1S/C21H19ClN2O3/c22-16-10-12-17(13-11-16)26-15-14-23-21(25)24-19-8-4-5-9-20(19)27-18-6-2-1-3-7-18/h1-13H,14-15H2,(H2,23,24,25). The lowest BCUT2D eigenvalue weighted by molar-refractivity contribution is 0.247. The van der Waals surface area contributed by atoms with Crippen molar-refractivity contribution < 1.29 is 14.3 Å². The molecule has 6 heteroatoms. The van der Waals surface area contributed by atoms with Crippen molar-refractivity contribution in [2.24, 2.45) is 0 Å². The summed E-state index contributed by atoms with van der Waals surface area (Å²) in [7, 11) is 0. The van der Waals surface area contributed by atoms with Gasteiger partial charge in [-0.3, -0.25) is 0 Å². The number of rotatable bonds is 7. The number of halogens is 1. The van der Waals surface area contributed by atoms with Crippen LogP contribution in [0.3, 0.4) is 0 Å². The number of benzene rings is 3. The number of anilines is 1. The molecular weight excluding hydrogens is 364 g/mol. The number of amides is 2. The van der Waals surface area contributed by atoms with Gasteiger partial charge in [-0.15, -0.1) is 0 Å². The van der Waals surface area contributed by atoms with Crippen LogP contribution in [-0.2, 0) is 0 Å². The third kappa shape index (κ3) is 5.94. The Morgan fingerprint density at radius 2 is 1.56 bits per heavy atom. The van der Waals surface area contributed by atoms with Crippen LogP contribution in [-0.4, -0.2) is 19.2 Å². The van der Waals surface area contributed by atoms with Gasteiger partial charge in [0.05, 0.1) is 12.2 Å². The molecule has 2 amide bonds. The molecule has 5 nitrogen and oxygen atoms in total. The zero-order chi connectivity index (χ0) is 18.9. The van der Waals surface area contributed by atoms with Gasteiger partial charge in [0.15, 0.2) is 5.75 Å². The predicted octanol–water partition coefficient (Wildman–Crippen LogP) is 5.33. The number of carbonyl (C=O) groups excluding carboxylic acids is 1. The van der Waals surface area contributed by atoms with Gasteiger partial charge in [0, 0.05) is 5.02 Å². The predicted molar refractivity (Wildman–Crippen MR) is 107 cm³/mol. The number of nitrogens with one attached hydrogen (secondary N) is 2. The Kier molecular flexibility index (Phi) is 6.55. The summed E-state index contributed by atoms with van der Waals surface area (Å²) in [6.07, 6.45) is 0. The lowest BCUT2D eigenvalue weighted by atomic mass is 10.3. The van der Waals surface area contributed by atoms with Crippen LogP contribution in [0.15, 0.2) is 78.9 Å². The Hall–Kier alpha value is -3.18. The summed E-state index contributed by atoms with van der Waals surface area (Å²) in [6, 6.07) is 23.4. The Labute approximate surface area is 162 Å². The van der Waals surface area contributed by atoms with Gasteiger partial charge in [-0.2, -0.15) is 0 Å². The van der Waals surface area contributed by atoms with E-state index in [2.05, 4.69) is 10.6 Å². The first kappa shape index (κ1) is 18.6. The molecule has 0 radical (unpaired) electrons. The van der Waals surface area contributed by atoms with Crippen molar-refractivity contribution in [2.75, 3.05) is 18.5 Å². The summed E-state index contributed by atoms with van der Waals surface area (Å²) in [5, 5.41) is 6.19. The Balaban J connectivity index is 1.48. The van der Waals surface area contributed by atoms with Gasteiger partial charge in [0.1, 0.15) is 18.1 Å². The molecule has 3 aromatic carbocycles. The van der Waals surface area contributed by atoms with Crippen molar-refractivity contribution in [3.8, 4) is 17.2 Å². The fourth-order valence-corrected chi connectivity index (χ4v) is 2.43. The molecule has 0 spiro atoms. The van der Waals surface area contributed by atoms with Crippen molar-refractivity contribution in [3.63, 3.8) is 0 Å². The van der Waals surface area contributed by atoms with Crippen molar-refractivity contribution in [3.05, 3.63) is 83.9 Å². The van der Waals surface area contributed by atoms with Crippen LogP contribution < -0.4 is 20.1 Å². The summed E-state index contributed by atoms with van der Waals surface area (Å²) in [5.74, 6) is 1.96. The van der Waals surface area contributed by atoms with Crippen molar-refractivity contribution in [2.45, 2.75) is 0 Å². The molecule has 3 rings (SSSR count). The van der Waals surface area contributed by atoms with Gasteiger partial charge < -0.3 is 20.1 Å². The first-order valence-corrected chi connectivity index (χ1v) is 8.84. The van der Waals surface area contributed by atoms with E-state index in [0.717, 1.165) is 0 Å². The van der Waals surface area contributed by atoms with E-state index in [9.17, 15) is 4.79 Å². The van der Waals surface area contributed by atoms with Gasteiger partial charge in [-0.05, 0) is 48.5 Å². The van der Waals surface area contributed by atoms with E-state index in [4.69, 9.17) is 21.1 Å². The average Bonchev–Trinajstić information content (AvgIpc) is 2.69. The number of ether oxygens (including phenoxy) is 2. The maximum absolute atomic E-state index is 12.1. The number of hydrogen-bond donors (Lipinski definition) is 2. The first-order chi connectivity index (χ1) is 13.2. The number of hydrogen-bond acceptors (Lipinski definition) is 3. The first-order valence-electron chi connectivity index (χ1n) is 8.46. The molecular formula is C21H19ClN2O3. The molecule has 0 aromatic heterocycles. The highest BCUT2D eigenvalue weighted by molar-refractivity contribution is 6.30. The Bertz CT molecular complexity index is 870. The minimum absolute atomic E-state index is 0.334. The molecule has 138 valence electrons. The summed E-state index contributed by atoms with van der Waals surface area (Å²) in [4.78, 5) is 12.1. The molecule has 0 unspecified atom stereocenters. The second-order valence-electron chi connectivity index (χ2n) is 5.59. The largest absolute Gasteiger partial charge is 0.492 e. The van der Waals surface area contributed by atoms with E-state index in [1.165, 1.54) is 0 Å². The van der Waals surface area contributed by atoms with Gasteiger partial charge in [0.25, 0.3) is 0 Å². The lowest BCUT2D eigenvalue weighted by Crippen LogP contribution is -2.32. The van der Waals surface area contributed by atoms with E-state index >= 15 is 0 Å². The van der Waals surface area contributed by atoms with Crippen LogP contribution in [0.4, 0.5) is 10.5 Å². The smallest absolute Gasteiger partial charge is 0.319 e. The normalized spacial score (nSPS) is 10.1. The topological polar surface area (TPSA) is 59.6 Å². The van der Waals surface area contributed by atoms with E-state index < -0.39 is 0 Å². The SMILES string of the molecule is O=C(NCCOc1ccc(Cl)cc1)Nc1ccccc1Oc1ccccc1. The highest BCUT2D eigenvalue weighted by Crippen LogP contribution is 2.28. The Morgan fingerprint density at radius 1 is 0.852 bits per heavy atom. The van der Waals surface area contributed by atoms with Crippen LogP contribution in [0.5, 0.6) is 17.2 Å². The van der Waals surface area contributed by atoms with Crippen LogP contribution in [0, 0.1) is 0 Å². The zero-order valence-electron chi connectivity index (χ0n) is 14.5. The minimum Gasteiger partial charge on any atom is -0.492 e. The second-order valence-corrected chi connectivity index (χ2v) is 6.03. The molecule has 0 aliphatic heterocycles. The van der Waals surface area contributed by atoms with Crippen molar-refractivity contribution in [1.82, 2.24) is 5.32 Å². The highest BCUT2D eigenvalue weighted by atomic mass is 35.5. The number of urea groups is 1. The summed E-state index contributed by atoms with van der Waals surface area (Å²) in [6.45, 7) is 0.702. The molecule has 0 aliphatic rings. The van der Waals surface area contributed by atoms with E-state index in [1.54, 1.807) is 36.4 Å². The quantitative estimate of drug-likeness (QED) is 0.543. The van der Waals surface area contributed by atoms with E-state index in [-0.39, 0.29) is 6.03 Å². The molecule has 0 bridgehead atoms. The molecule has 2 N–H and O–H groups in total. The van der Waals surface area contributed by atoms with Gasteiger partial charge in [-0.25, -0.2) is 4.79 Å². The summed E-state index contributed by atoms with van der Waals surface area (Å²) in [5.41, 5.74) is 0.581. The van der Waals surface area contributed by atoms with Crippen molar-refractivity contribution in [1.29, 1.82) is 0 Å². The van der Waals surface area contributed by atoms with Crippen LogP contribution >= 0.6 is 11.6 Å². The molecule has 0 atom stereocenters. The van der Waals surface area contributed by atoms with E-state index in [0.29, 0.717) is 41.1 Å². The molecule has 0 aliphatic carbocycles. The van der Waals surface area contributed by atoms with Crippen LogP contribution in [0.2, 0.25) is 5.02 Å². The van der Waals surface area contributed by atoms with Gasteiger partial charge >= 0.3 is 6.03 Å². The molecule has 0 saturated carbocycles. The Morgan fingerprint density at radius 3 is 2.33 bits per heavy atom. The summed E-state index contributed by atoms with van der Waals surface area (Å²) < 4.78 is 11.4. The van der Waals surface area contributed by atoms with Crippen LogP contribution in [0.25, 0.3) is 0 Å². The fourth-order valence-electron chi connectivity index (χ4n) is 2.31. The number of carbonyl (C=O) groups is 1. The zero-order valence-corrected chi connectivity index (χ0v) is 15.3. The monoisotopic (exact) mass is 382 g/mol. The number of para-hydroxylation sites is 3. The van der Waals surface area contributed by atoms with Gasteiger partial charge in [0.2, 0.25) is 0 Å². The third-order valence-corrected chi connectivity index (χ3v) is 3.83. The second kappa shape index (κ2) is 9.50. The lowest BCUT2D eigenvalue weighted by Gasteiger charge is -2.13. The third-order valence-electron chi connectivity index (χ3n) is 3.58. The highest BCUT2D eigenvalue weighted by Gasteiger charge is 2.08. The maximum Gasteiger partial charge on any atom is 0.319 e. The molecule has 3 aromatic rings. The molecule has 0 fully saturated rings. The molecule has 0 saturated heterocycles. The average molecular weight is 383 g/mol. The maximum atomic E-state index is 12.1. The minimum atomic E-state index is -0.334. The fraction of sp³-hybridized carbons (Fsp3) is 0.0952. The molecule has 0 heterocycles. The molecule has 27 heavy (non-hydrogen) atoms. The van der Waals surface area contributed by atoms with Crippen molar-refractivity contribution >= 4 is 23.3 Å². The van der Waals surface area contributed by atoms with Gasteiger partial charge in [-0.1, -0.05) is 41.9 Å². The van der Waals surface area contributed by atoms with Crippen LogP contribution in [0.1, 0.15) is 0 Å². The van der Waals surface area contributed by atoms with E-state index in [1.807, 2.05) is 42.5 Å². The summed E-state index contributed by atoms with van der Waals surface area (Å²) >= 11 is 5.82.